The normalized spacial score (nSPS) is 18.7. The minimum Gasteiger partial charge on any atom is -0.330 e. The van der Waals surface area contributed by atoms with Crippen LogP contribution >= 0.6 is 0 Å². The Morgan fingerprint density at radius 2 is 2.16 bits per heavy atom. The van der Waals surface area contributed by atoms with Crippen LogP contribution in [0.15, 0.2) is 18.2 Å². The van der Waals surface area contributed by atoms with Gasteiger partial charge in [0.25, 0.3) is 5.91 Å². The summed E-state index contributed by atoms with van der Waals surface area (Å²) >= 11 is 0. The van der Waals surface area contributed by atoms with Crippen LogP contribution in [0.1, 0.15) is 49.8 Å². The molecule has 1 aliphatic heterocycles. The van der Waals surface area contributed by atoms with E-state index in [1.54, 1.807) is 0 Å². The third-order valence-corrected chi connectivity index (χ3v) is 3.63. The number of hydrogen-bond donors (Lipinski definition) is 1. The third kappa shape index (κ3) is 2.95. The summed E-state index contributed by atoms with van der Waals surface area (Å²) in [6, 6.07) is 5.71. The molecule has 0 spiro atoms. The SMILES string of the molecule is CC(C)c1cccc(C(=O)N2CCNCC2(C)C)n1. The lowest BCUT2D eigenvalue weighted by Gasteiger charge is -2.42. The first-order valence-corrected chi connectivity index (χ1v) is 6.91. The van der Waals surface area contributed by atoms with Crippen molar-refractivity contribution >= 4 is 5.91 Å². The summed E-state index contributed by atoms with van der Waals surface area (Å²) < 4.78 is 0. The number of nitrogens with zero attached hydrogens (tertiary/aromatic N) is 2. The predicted octanol–water partition coefficient (Wildman–Crippen LogP) is 2.03. The summed E-state index contributed by atoms with van der Waals surface area (Å²) in [5, 5.41) is 3.33. The van der Waals surface area contributed by atoms with E-state index in [1.807, 2.05) is 23.1 Å². The second kappa shape index (κ2) is 5.29. The molecule has 0 aromatic carbocycles. The van der Waals surface area contributed by atoms with Crippen LogP contribution in [0.3, 0.4) is 0 Å². The van der Waals surface area contributed by atoms with E-state index in [0.717, 1.165) is 25.3 Å². The van der Waals surface area contributed by atoms with E-state index in [0.29, 0.717) is 11.6 Å². The first-order valence-electron chi connectivity index (χ1n) is 6.91. The van der Waals surface area contributed by atoms with Crippen LogP contribution in [0.5, 0.6) is 0 Å². The molecule has 2 rings (SSSR count). The van der Waals surface area contributed by atoms with Gasteiger partial charge in [0.2, 0.25) is 0 Å². The number of amides is 1. The fraction of sp³-hybridized carbons (Fsp3) is 0.600. The third-order valence-electron chi connectivity index (χ3n) is 3.63. The van der Waals surface area contributed by atoms with Crippen molar-refractivity contribution in [3.63, 3.8) is 0 Å². The second-order valence-electron chi connectivity index (χ2n) is 6.05. The first kappa shape index (κ1) is 14.0. The molecule has 0 atom stereocenters. The standard InChI is InChI=1S/C15H23N3O/c1-11(2)12-6-5-7-13(17-12)14(19)18-9-8-16-10-15(18,3)4/h5-7,11,16H,8-10H2,1-4H3. The molecule has 1 fully saturated rings. The Bertz CT molecular complexity index is 468. The van der Waals surface area contributed by atoms with Crippen LogP contribution in [0.25, 0.3) is 0 Å². The van der Waals surface area contributed by atoms with Gasteiger partial charge in [0.05, 0.1) is 5.54 Å². The number of aromatic nitrogens is 1. The highest BCUT2D eigenvalue weighted by atomic mass is 16.2. The van der Waals surface area contributed by atoms with E-state index in [2.05, 4.69) is 38.0 Å². The number of piperazine rings is 1. The van der Waals surface area contributed by atoms with Gasteiger partial charge in [0.15, 0.2) is 0 Å². The molecule has 0 radical (unpaired) electrons. The van der Waals surface area contributed by atoms with Crippen molar-refractivity contribution in [2.24, 2.45) is 0 Å². The zero-order valence-corrected chi connectivity index (χ0v) is 12.2. The highest BCUT2D eigenvalue weighted by Gasteiger charge is 2.34. The Kier molecular flexibility index (Phi) is 3.90. The van der Waals surface area contributed by atoms with Crippen molar-refractivity contribution < 1.29 is 4.79 Å². The highest BCUT2D eigenvalue weighted by molar-refractivity contribution is 5.93. The van der Waals surface area contributed by atoms with Crippen LogP contribution in [-0.4, -0.2) is 41.0 Å². The van der Waals surface area contributed by atoms with Gasteiger partial charge in [0, 0.05) is 25.3 Å². The summed E-state index contributed by atoms with van der Waals surface area (Å²) in [7, 11) is 0. The Balaban J connectivity index is 2.26. The largest absolute Gasteiger partial charge is 0.330 e. The fourth-order valence-corrected chi connectivity index (χ4v) is 2.39. The van der Waals surface area contributed by atoms with Crippen molar-refractivity contribution in [1.29, 1.82) is 0 Å². The summed E-state index contributed by atoms with van der Waals surface area (Å²) in [6.07, 6.45) is 0. The van der Waals surface area contributed by atoms with E-state index >= 15 is 0 Å². The number of nitrogens with one attached hydrogen (secondary N) is 1. The lowest BCUT2D eigenvalue weighted by Crippen LogP contribution is -2.60. The summed E-state index contributed by atoms with van der Waals surface area (Å²) in [4.78, 5) is 19.1. The number of rotatable bonds is 2. The number of carbonyl (C=O) groups excluding carboxylic acids is 1. The molecule has 0 aliphatic carbocycles. The molecule has 104 valence electrons. The van der Waals surface area contributed by atoms with Crippen LogP contribution in [0, 0.1) is 0 Å². The number of pyridine rings is 1. The van der Waals surface area contributed by atoms with E-state index in [1.165, 1.54) is 0 Å². The van der Waals surface area contributed by atoms with Crippen LogP contribution < -0.4 is 5.32 Å². The zero-order chi connectivity index (χ0) is 14.0. The lowest BCUT2D eigenvalue weighted by atomic mass is 9.99. The number of hydrogen-bond acceptors (Lipinski definition) is 3. The van der Waals surface area contributed by atoms with E-state index < -0.39 is 0 Å². The molecule has 19 heavy (non-hydrogen) atoms. The Labute approximate surface area is 115 Å². The smallest absolute Gasteiger partial charge is 0.272 e. The molecular formula is C15H23N3O. The number of carbonyl (C=O) groups is 1. The van der Waals surface area contributed by atoms with Crippen molar-refractivity contribution in [2.45, 2.75) is 39.2 Å². The fourth-order valence-electron chi connectivity index (χ4n) is 2.39. The molecule has 0 unspecified atom stereocenters. The molecule has 1 aliphatic rings. The quantitative estimate of drug-likeness (QED) is 0.886. The molecular weight excluding hydrogens is 238 g/mol. The van der Waals surface area contributed by atoms with E-state index in [-0.39, 0.29) is 11.4 Å². The summed E-state index contributed by atoms with van der Waals surface area (Å²) in [5.41, 5.74) is 1.37. The molecule has 1 aromatic heterocycles. The Hall–Kier alpha value is -1.42. The highest BCUT2D eigenvalue weighted by Crippen LogP contribution is 2.20. The van der Waals surface area contributed by atoms with Gasteiger partial charge in [0.1, 0.15) is 5.69 Å². The molecule has 4 nitrogen and oxygen atoms in total. The topological polar surface area (TPSA) is 45.2 Å². The molecule has 1 N–H and O–H groups in total. The predicted molar refractivity (Wildman–Crippen MR) is 76.3 cm³/mol. The van der Waals surface area contributed by atoms with E-state index in [9.17, 15) is 4.79 Å². The maximum atomic E-state index is 12.6. The maximum Gasteiger partial charge on any atom is 0.272 e. The molecule has 1 aromatic rings. The van der Waals surface area contributed by atoms with Crippen LogP contribution in [-0.2, 0) is 0 Å². The molecule has 1 saturated heterocycles. The van der Waals surface area contributed by atoms with Gasteiger partial charge in [-0.25, -0.2) is 4.98 Å². The van der Waals surface area contributed by atoms with Crippen LogP contribution in [0.4, 0.5) is 0 Å². The van der Waals surface area contributed by atoms with Crippen molar-refractivity contribution in [3.8, 4) is 0 Å². The van der Waals surface area contributed by atoms with Gasteiger partial charge in [-0.2, -0.15) is 0 Å². The molecule has 0 bridgehead atoms. The minimum absolute atomic E-state index is 0.0361. The maximum absolute atomic E-state index is 12.6. The van der Waals surface area contributed by atoms with Crippen molar-refractivity contribution in [1.82, 2.24) is 15.2 Å². The lowest BCUT2D eigenvalue weighted by molar-refractivity contribution is 0.0471. The van der Waals surface area contributed by atoms with Crippen LogP contribution in [0.2, 0.25) is 0 Å². The summed E-state index contributed by atoms with van der Waals surface area (Å²) in [5.74, 6) is 0.373. The average molecular weight is 261 g/mol. The molecule has 4 heteroatoms. The first-order chi connectivity index (χ1) is 8.92. The Morgan fingerprint density at radius 1 is 1.42 bits per heavy atom. The molecule has 1 amide bonds. The van der Waals surface area contributed by atoms with Crippen molar-refractivity contribution in [2.75, 3.05) is 19.6 Å². The second-order valence-corrected chi connectivity index (χ2v) is 6.05. The van der Waals surface area contributed by atoms with Gasteiger partial charge >= 0.3 is 0 Å². The van der Waals surface area contributed by atoms with Crippen molar-refractivity contribution in [3.05, 3.63) is 29.6 Å². The Morgan fingerprint density at radius 3 is 2.79 bits per heavy atom. The molecule has 2 heterocycles. The van der Waals surface area contributed by atoms with Gasteiger partial charge in [-0.3, -0.25) is 4.79 Å². The van der Waals surface area contributed by atoms with Gasteiger partial charge in [-0.05, 0) is 31.9 Å². The monoisotopic (exact) mass is 261 g/mol. The average Bonchev–Trinajstić information content (AvgIpc) is 2.37. The van der Waals surface area contributed by atoms with Gasteiger partial charge in [-0.15, -0.1) is 0 Å². The molecule has 0 saturated carbocycles. The van der Waals surface area contributed by atoms with Gasteiger partial charge < -0.3 is 10.2 Å². The van der Waals surface area contributed by atoms with E-state index in [4.69, 9.17) is 0 Å². The summed E-state index contributed by atoms with van der Waals surface area (Å²) in [6.45, 7) is 10.8. The minimum atomic E-state index is -0.162. The zero-order valence-electron chi connectivity index (χ0n) is 12.2. The van der Waals surface area contributed by atoms with Gasteiger partial charge in [-0.1, -0.05) is 19.9 Å².